The van der Waals surface area contributed by atoms with Crippen LogP contribution in [-0.2, 0) is 4.79 Å². The second-order valence-corrected chi connectivity index (χ2v) is 5.93. The van der Waals surface area contributed by atoms with Crippen molar-refractivity contribution in [2.24, 2.45) is 0 Å². The molecule has 6 heteroatoms. The third-order valence-electron chi connectivity index (χ3n) is 3.83. The predicted octanol–water partition coefficient (Wildman–Crippen LogP) is 4.64. The maximum atomic E-state index is 12.2. The highest BCUT2D eigenvalue weighted by molar-refractivity contribution is 6.31. The summed E-state index contributed by atoms with van der Waals surface area (Å²) in [5.41, 5.74) is 2.43. The van der Waals surface area contributed by atoms with E-state index in [2.05, 4.69) is 29.4 Å². The van der Waals surface area contributed by atoms with Crippen LogP contribution in [-0.4, -0.2) is 19.0 Å². The minimum Gasteiger partial charge on any atom is -0.372 e. The number of anilines is 3. The van der Waals surface area contributed by atoms with Crippen LogP contribution in [0.15, 0.2) is 60.3 Å². The summed E-state index contributed by atoms with van der Waals surface area (Å²) in [5, 5.41) is 15.4. The van der Waals surface area contributed by atoms with E-state index in [-0.39, 0.29) is 5.57 Å². The molecule has 0 atom stereocenters. The maximum absolute atomic E-state index is 12.2. The van der Waals surface area contributed by atoms with E-state index in [0.717, 1.165) is 24.5 Å². The van der Waals surface area contributed by atoms with E-state index in [1.807, 2.05) is 30.3 Å². The van der Waals surface area contributed by atoms with E-state index in [4.69, 9.17) is 11.6 Å². The minimum absolute atomic E-state index is 0.0298. The number of hydrogen-bond acceptors (Lipinski definition) is 4. The molecule has 0 spiro atoms. The average molecular weight is 369 g/mol. The normalized spacial score (nSPS) is 10.8. The summed E-state index contributed by atoms with van der Waals surface area (Å²) in [7, 11) is 0. The Balaban J connectivity index is 2.04. The second-order valence-electron chi connectivity index (χ2n) is 5.50. The number of amides is 1. The monoisotopic (exact) mass is 368 g/mol. The first-order valence-corrected chi connectivity index (χ1v) is 8.74. The number of benzene rings is 2. The quantitative estimate of drug-likeness (QED) is 0.551. The highest BCUT2D eigenvalue weighted by Crippen LogP contribution is 2.18. The number of nitrogens with one attached hydrogen (secondary N) is 2. The lowest BCUT2D eigenvalue weighted by Crippen LogP contribution is -2.21. The summed E-state index contributed by atoms with van der Waals surface area (Å²) in [6.45, 7) is 6.09. The molecule has 1 amide bonds. The van der Waals surface area contributed by atoms with Crippen molar-refractivity contribution in [3.8, 4) is 6.07 Å². The first-order chi connectivity index (χ1) is 12.6. The number of nitriles is 1. The Morgan fingerprint density at radius 1 is 1.15 bits per heavy atom. The Morgan fingerprint density at radius 3 is 2.42 bits per heavy atom. The van der Waals surface area contributed by atoms with Crippen LogP contribution in [0.25, 0.3) is 0 Å². The highest BCUT2D eigenvalue weighted by atomic mass is 35.5. The lowest BCUT2D eigenvalue weighted by molar-refractivity contribution is -0.112. The zero-order valence-corrected chi connectivity index (χ0v) is 15.5. The van der Waals surface area contributed by atoms with Gasteiger partial charge in [0.15, 0.2) is 0 Å². The van der Waals surface area contributed by atoms with Crippen molar-refractivity contribution in [1.82, 2.24) is 0 Å². The standard InChI is InChI=1S/C20H21ClN4O/c1-3-25(4-2)19-10-8-17(9-11-19)23-14-15(13-22)20(26)24-18-7-5-6-16(21)12-18/h5-12,14,23H,3-4H2,1-2H3,(H,24,26)/b15-14-. The van der Waals surface area contributed by atoms with E-state index < -0.39 is 5.91 Å². The third kappa shape index (κ3) is 5.27. The molecule has 0 bridgehead atoms. The van der Waals surface area contributed by atoms with Gasteiger partial charge in [-0.1, -0.05) is 17.7 Å². The Kier molecular flexibility index (Phi) is 7.07. The maximum Gasteiger partial charge on any atom is 0.267 e. The molecule has 0 saturated heterocycles. The van der Waals surface area contributed by atoms with Crippen LogP contribution in [0, 0.1) is 11.3 Å². The average Bonchev–Trinajstić information content (AvgIpc) is 2.64. The van der Waals surface area contributed by atoms with Crippen LogP contribution in [0.3, 0.4) is 0 Å². The Hall–Kier alpha value is -2.97. The van der Waals surface area contributed by atoms with Crippen LogP contribution in [0.1, 0.15) is 13.8 Å². The molecule has 2 aromatic carbocycles. The van der Waals surface area contributed by atoms with Crippen LogP contribution >= 0.6 is 11.6 Å². The first-order valence-electron chi connectivity index (χ1n) is 8.36. The summed E-state index contributed by atoms with van der Waals surface area (Å²) < 4.78 is 0. The molecule has 0 aromatic heterocycles. The molecule has 134 valence electrons. The van der Waals surface area contributed by atoms with Crippen molar-refractivity contribution < 1.29 is 4.79 Å². The molecule has 0 unspecified atom stereocenters. The zero-order chi connectivity index (χ0) is 18.9. The number of hydrogen-bond donors (Lipinski definition) is 2. The van der Waals surface area contributed by atoms with Gasteiger partial charge in [0.25, 0.3) is 5.91 Å². The molecule has 0 saturated carbocycles. The smallest absolute Gasteiger partial charge is 0.267 e. The van der Waals surface area contributed by atoms with Gasteiger partial charge in [0, 0.05) is 41.4 Å². The van der Waals surface area contributed by atoms with E-state index in [1.165, 1.54) is 6.20 Å². The van der Waals surface area contributed by atoms with E-state index in [0.29, 0.717) is 10.7 Å². The van der Waals surface area contributed by atoms with E-state index >= 15 is 0 Å². The van der Waals surface area contributed by atoms with Crippen molar-refractivity contribution in [2.45, 2.75) is 13.8 Å². The van der Waals surface area contributed by atoms with Gasteiger partial charge in [0.2, 0.25) is 0 Å². The SMILES string of the molecule is CCN(CC)c1ccc(N/C=C(/C#N)C(=O)Nc2cccc(Cl)c2)cc1. The molecule has 0 aliphatic rings. The molecule has 2 N–H and O–H groups in total. The van der Waals surface area contributed by atoms with Crippen molar-refractivity contribution in [3.63, 3.8) is 0 Å². The van der Waals surface area contributed by atoms with Gasteiger partial charge in [-0.15, -0.1) is 0 Å². The fourth-order valence-electron chi connectivity index (χ4n) is 2.43. The van der Waals surface area contributed by atoms with Crippen LogP contribution in [0.4, 0.5) is 17.1 Å². The summed E-state index contributed by atoms with van der Waals surface area (Å²) in [5.74, 6) is -0.498. The summed E-state index contributed by atoms with van der Waals surface area (Å²) in [6.07, 6.45) is 1.40. The van der Waals surface area contributed by atoms with Crippen LogP contribution in [0.2, 0.25) is 5.02 Å². The molecule has 2 aromatic rings. The lowest BCUT2D eigenvalue weighted by atomic mass is 10.2. The predicted molar refractivity (Wildman–Crippen MR) is 107 cm³/mol. The molecule has 0 fully saturated rings. The number of halogens is 1. The molecule has 0 aliphatic carbocycles. The fourth-order valence-corrected chi connectivity index (χ4v) is 2.62. The van der Waals surface area contributed by atoms with Crippen molar-refractivity contribution in [2.75, 3.05) is 28.6 Å². The molecular formula is C20H21ClN4O. The number of rotatable bonds is 7. The van der Waals surface area contributed by atoms with E-state index in [1.54, 1.807) is 24.3 Å². The lowest BCUT2D eigenvalue weighted by Gasteiger charge is -2.21. The molecule has 0 heterocycles. The van der Waals surface area contributed by atoms with Gasteiger partial charge in [-0.25, -0.2) is 0 Å². The van der Waals surface area contributed by atoms with Crippen LogP contribution < -0.4 is 15.5 Å². The molecule has 0 radical (unpaired) electrons. The van der Waals surface area contributed by atoms with Crippen molar-refractivity contribution in [3.05, 3.63) is 65.3 Å². The minimum atomic E-state index is -0.498. The Labute approximate surface area is 158 Å². The van der Waals surface area contributed by atoms with Gasteiger partial charge >= 0.3 is 0 Å². The fraction of sp³-hybridized carbons (Fsp3) is 0.200. The summed E-state index contributed by atoms with van der Waals surface area (Å²) in [4.78, 5) is 14.4. The highest BCUT2D eigenvalue weighted by Gasteiger charge is 2.09. The van der Waals surface area contributed by atoms with Gasteiger partial charge in [0.1, 0.15) is 11.6 Å². The van der Waals surface area contributed by atoms with Crippen LogP contribution in [0.5, 0.6) is 0 Å². The van der Waals surface area contributed by atoms with Gasteiger partial charge in [-0.05, 0) is 56.3 Å². The van der Waals surface area contributed by atoms with Crippen molar-refractivity contribution >= 4 is 34.6 Å². The van der Waals surface area contributed by atoms with Crippen molar-refractivity contribution in [1.29, 1.82) is 5.26 Å². The summed E-state index contributed by atoms with van der Waals surface area (Å²) >= 11 is 5.89. The second kappa shape index (κ2) is 9.50. The first kappa shape index (κ1) is 19.4. The van der Waals surface area contributed by atoms with Gasteiger partial charge < -0.3 is 15.5 Å². The number of nitrogens with zero attached hydrogens (tertiary/aromatic N) is 2. The van der Waals surface area contributed by atoms with Gasteiger partial charge in [-0.2, -0.15) is 5.26 Å². The zero-order valence-electron chi connectivity index (χ0n) is 14.8. The number of carbonyl (C=O) groups is 1. The third-order valence-corrected chi connectivity index (χ3v) is 4.06. The molecule has 26 heavy (non-hydrogen) atoms. The van der Waals surface area contributed by atoms with Gasteiger partial charge in [-0.3, -0.25) is 4.79 Å². The molecule has 2 rings (SSSR count). The van der Waals surface area contributed by atoms with Gasteiger partial charge in [0.05, 0.1) is 0 Å². The molecule has 0 aliphatic heterocycles. The summed E-state index contributed by atoms with van der Waals surface area (Å²) in [6, 6.07) is 16.5. The number of carbonyl (C=O) groups excluding carboxylic acids is 1. The molecular weight excluding hydrogens is 348 g/mol. The molecule has 5 nitrogen and oxygen atoms in total. The Bertz CT molecular complexity index is 820. The van der Waals surface area contributed by atoms with E-state index in [9.17, 15) is 10.1 Å². The Morgan fingerprint density at radius 2 is 1.85 bits per heavy atom. The largest absolute Gasteiger partial charge is 0.372 e. The topological polar surface area (TPSA) is 68.2 Å².